The highest BCUT2D eigenvalue weighted by Crippen LogP contribution is 2.24. The van der Waals surface area contributed by atoms with Crippen LogP contribution >= 0.6 is 35.0 Å². The van der Waals surface area contributed by atoms with Crippen LogP contribution in [0.3, 0.4) is 0 Å². The zero-order valence-electron chi connectivity index (χ0n) is 9.86. The summed E-state index contributed by atoms with van der Waals surface area (Å²) in [6.45, 7) is 0.787. The number of halogens is 2. The van der Waals surface area contributed by atoms with Crippen molar-refractivity contribution in [2.24, 2.45) is 5.84 Å². The van der Waals surface area contributed by atoms with E-state index in [-0.39, 0.29) is 12.1 Å². The van der Waals surface area contributed by atoms with Crippen LogP contribution in [-0.2, 0) is 11.2 Å². The molecular formula is C12H16Cl2N2OS. The van der Waals surface area contributed by atoms with E-state index in [9.17, 15) is 0 Å². The monoisotopic (exact) mass is 306 g/mol. The lowest BCUT2D eigenvalue weighted by atomic mass is 10.0. The molecule has 0 aliphatic carbocycles. The molecule has 6 heteroatoms. The van der Waals surface area contributed by atoms with E-state index in [0.29, 0.717) is 10.0 Å². The summed E-state index contributed by atoms with van der Waals surface area (Å²) in [6, 6.07) is 5.75. The Bertz CT molecular complexity index is 400. The molecule has 2 atom stereocenters. The summed E-state index contributed by atoms with van der Waals surface area (Å²) < 4.78 is 5.73. The van der Waals surface area contributed by atoms with Crippen LogP contribution in [0.15, 0.2) is 18.2 Å². The molecule has 0 saturated carbocycles. The molecule has 0 bridgehead atoms. The van der Waals surface area contributed by atoms with Gasteiger partial charge in [-0.3, -0.25) is 11.3 Å². The number of hydrogen-bond donors (Lipinski definition) is 2. The summed E-state index contributed by atoms with van der Waals surface area (Å²) in [5.41, 5.74) is 3.94. The second-order valence-electron chi connectivity index (χ2n) is 4.21. The number of rotatable bonds is 4. The Morgan fingerprint density at radius 3 is 2.89 bits per heavy atom. The number of hydrazine groups is 1. The second kappa shape index (κ2) is 6.98. The second-order valence-corrected chi connectivity index (χ2v) is 6.17. The van der Waals surface area contributed by atoms with Gasteiger partial charge in [-0.25, -0.2) is 0 Å². The van der Waals surface area contributed by atoms with Gasteiger partial charge in [0.2, 0.25) is 0 Å². The molecule has 0 aromatic heterocycles. The standard InChI is InChI=1S/C12H16Cl2N2OS/c13-9-2-1-8(5-10(9)14)6-11(16-15)12-7-18-4-3-17-12/h1-2,5,11-12,16H,3-4,6-7,15H2. The Hall–Kier alpha value is 0.0300. The van der Waals surface area contributed by atoms with Crippen molar-refractivity contribution in [3.63, 3.8) is 0 Å². The van der Waals surface area contributed by atoms with Gasteiger partial charge in [-0.2, -0.15) is 11.8 Å². The molecule has 1 fully saturated rings. The first-order chi connectivity index (χ1) is 8.70. The number of ether oxygens (including phenoxy) is 1. The molecule has 2 unspecified atom stereocenters. The Kier molecular flexibility index (Phi) is 5.60. The first-order valence-corrected chi connectivity index (χ1v) is 7.71. The lowest BCUT2D eigenvalue weighted by Crippen LogP contribution is -2.49. The maximum absolute atomic E-state index is 6.01. The molecule has 1 heterocycles. The minimum absolute atomic E-state index is 0.0926. The highest BCUT2D eigenvalue weighted by molar-refractivity contribution is 7.99. The van der Waals surface area contributed by atoms with Gasteiger partial charge in [0.1, 0.15) is 0 Å². The van der Waals surface area contributed by atoms with Gasteiger partial charge in [0.15, 0.2) is 0 Å². The molecule has 2 rings (SSSR count). The van der Waals surface area contributed by atoms with Crippen molar-refractivity contribution in [2.75, 3.05) is 18.1 Å². The Morgan fingerprint density at radius 2 is 2.28 bits per heavy atom. The Balaban J connectivity index is 2.02. The van der Waals surface area contributed by atoms with Gasteiger partial charge in [0, 0.05) is 11.5 Å². The van der Waals surface area contributed by atoms with Crippen LogP contribution in [0.2, 0.25) is 10.0 Å². The average molecular weight is 307 g/mol. The smallest absolute Gasteiger partial charge is 0.0835 e. The number of hydrogen-bond acceptors (Lipinski definition) is 4. The molecule has 1 aliphatic rings. The van der Waals surface area contributed by atoms with Gasteiger partial charge < -0.3 is 4.74 Å². The molecule has 0 radical (unpaired) electrons. The summed E-state index contributed by atoms with van der Waals surface area (Å²) in [5.74, 6) is 7.65. The summed E-state index contributed by atoms with van der Waals surface area (Å²) in [5, 5.41) is 1.14. The van der Waals surface area contributed by atoms with Crippen molar-refractivity contribution < 1.29 is 4.74 Å². The molecule has 100 valence electrons. The van der Waals surface area contributed by atoms with Gasteiger partial charge in [-0.1, -0.05) is 29.3 Å². The third-order valence-corrected chi connectivity index (χ3v) is 4.70. The van der Waals surface area contributed by atoms with Gasteiger partial charge >= 0.3 is 0 Å². The third-order valence-electron chi connectivity index (χ3n) is 2.94. The summed E-state index contributed by atoms with van der Waals surface area (Å²) >= 11 is 13.8. The van der Waals surface area contributed by atoms with Gasteiger partial charge in [0.05, 0.1) is 28.8 Å². The van der Waals surface area contributed by atoms with Crippen LogP contribution < -0.4 is 11.3 Å². The van der Waals surface area contributed by atoms with Crippen LogP contribution in [0.4, 0.5) is 0 Å². The van der Waals surface area contributed by atoms with Crippen molar-refractivity contribution in [2.45, 2.75) is 18.6 Å². The third kappa shape index (κ3) is 3.76. The van der Waals surface area contributed by atoms with E-state index in [4.69, 9.17) is 33.8 Å². The molecule has 1 aromatic carbocycles. The normalized spacial score (nSPS) is 21.8. The maximum Gasteiger partial charge on any atom is 0.0835 e. The van der Waals surface area contributed by atoms with Crippen LogP contribution in [0.5, 0.6) is 0 Å². The lowest BCUT2D eigenvalue weighted by molar-refractivity contribution is 0.0472. The Morgan fingerprint density at radius 1 is 1.44 bits per heavy atom. The predicted octanol–water partition coefficient (Wildman–Crippen LogP) is 2.50. The molecule has 1 saturated heterocycles. The predicted molar refractivity (Wildman–Crippen MR) is 78.3 cm³/mol. The van der Waals surface area contributed by atoms with Crippen LogP contribution in [0.1, 0.15) is 5.56 Å². The van der Waals surface area contributed by atoms with Crippen molar-refractivity contribution in [1.29, 1.82) is 0 Å². The van der Waals surface area contributed by atoms with Crippen molar-refractivity contribution >= 4 is 35.0 Å². The van der Waals surface area contributed by atoms with Crippen molar-refractivity contribution in [3.8, 4) is 0 Å². The highest BCUT2D eigenvalue weighted by atomic mass is 35.5. The summed E-state index contributed by atoms with van der Waals surface area (Å²) in [7, 11) is 0. The molecular weight excluding hydrogens is 291 g/mol. The average Bonchev–Trinajstić information content (AvgIpc) is 2.41. The first-order valence-electron chi connectivity index (χ1n) is 5.80. The SMILES string of the molecule is NNC(Cc1ccc(Cl)c(Cl)c1)C1CSCCO1. The quantitative estimate of drug-likeness (QED) is 0.663. The minimum Gasteiger partial charge on any atom is -0.375 e. The largest absolute Gasteiger partial charge is 0.375 e. The van der Waals surface area contributed by atoms with E-state index >= 15 is 0 Å². The molecule has 1 aliphatic heterocycles. The van der Waals surface area contributed by atoms with Crippen molar-refractivity contribution in [3.05, 3.63) is 33.8 Å². The number of benzene rings is 1. The van der Waals surface area contributed by atoms with Gasteiger partial charge in [-0.15, -0.1) is 0 Å². The zero-order valence-corrected chi connectivity index (χ0v) is 12.2. The van der Waals surface area contributed by atoms with E-state index in [2.05, 4.69) is 5.43 Å². The van der Waals surface area contributed by atoms with Gasteiger partial charge in [0.25, 0.3) is 0 Å². The van der Waals surface area contributed by atoms with E-state index in [1.54, 1.807) is 0 Å². The van der Waals surface area contributed by atoms with Crippen LogP contribution in [0.25, 0.3) is 0 Å². The molecule has 3 N–H and O–H groups in total. The highest BCUT2D eigenvalue weighted by Gasteiger charge is 2.24. The van der Waals surface area contributed by atoms with E-state index in [1.165, 1.54) is 0 Å². The molecule has 18 heavy (non-hydrogen) atoms. The van der Waals surface area contributed by atoms with E-state index < -0.39 is 0 Å². The zero-order chi connectivity index (χ0) is 13.0. The van der Waals surface area contributed by atoms with Crippen LogP contribution in [0, 0.1) is 0 Å². The first kappa shape index (κ1) is 14.4. The maximum atomic E-state index is 6.01. The minimum atomic E-state index is 0.0926. The topological polar surface area (TPSA) is 47.3 Å². The molecule has 1 aromatic rings. The molecule has 3 nitrogen and oxygen atoms in total. The fraction of sp³-hybridized carbons (Fsp3) is 0.500. The fourth-order valence-corrected chi connectivity index (χ4v) is 3.22. The van der Waals surface area contributed by atoms with Crippen molar-refractivity contribution in [1.82, 2.24) is 5.43 Å². The van der Waals surface area contributed by atoms with E-state index in [0.717, 1.165) is 30.1 Å². The van der Waals surface area contributed by atoms with Gasteiger partial charge in [-0.05, 0) is 24.1 Å². The Labute approximate surface area is 121 Å². The number of nitrogens with two attached hydrogens (primary N) is 1. The molecule has 0 amide bonds. The molecule has 0 spiro atoms. The number of thioether (sulfide) groups is 1. The number of nitrogens with one attached hydrogen (secondary N) is 1. The van der Waals surface area contributed by atoms with E-state index in [1.807, 2.05) is 30.0 Å². The lowest BCUT2D eigenvalue weighted by Gasteiger charge is -2.29. The summed E-state index contributed by atoms with van der Waals surface area (Å²) in [6.07, 6.45) is 0.918. The van der Waals surface area contributed by atoms with Crippen LogP contribution in [-0.4, -0.2) is 30.3 Å². The fourth-order valence-electron chi connectivity index (χ4n) is 1.96. The summed E-state index contributed by atoms with van der Waals surface area (Å²) in [4.78, 5) is 0.